The van der Waals surface area contributed by atoms with Gasteiger partial charge < -0.3 is 5.11 Å². The molecule has 0 spiro atoms. The molecule has 112 valence electrons. The minimum atomic E-state index is -3.52. The molecule has 1 fully saturated rings. The molecular weight excluding hydrogens is 274 g/mol. The summed E-state index contributed by atoms with van der Waals surface area (Å²) in [4.78, 5) is 0.311. The van der Waals surface area contributed by atoms with Gasteiger partial charge in [-0.3, -0.25) is 0 Å². The van der Waals surface area contributed by atoms with Crippen LogP contribution in [0.1, 0.15) is 39.2 Å². The Bertz CT molecular complexity index is 558. The highest BCUT2D eigenvalue weighted by Crippen LogP contribution is 2.32. The van der Waals surface area contributed by atoms with E-state index in [1.165, 1.54) is 4.31 Å². The van der Waals surface area contributed by atoms with E-state index in [1.807, 2.05) is 19.1 Å². The summed E-state index contributed by atoms with van der Waals surface area (Å²) in [5, 5.41) is 10.2. The van der Waals surface area contributed by atoms with Crippen LogP contribution in [-0.2, 0) is 16.4 Å². The van der Waals surface area contributed by atoms with Gasteiger partial charge in [0.05, 0.1) is 16.5 Å². The number of rotatable bonds is 4. The third kappa shape index (κ3) is 2.90. The number of aryl methyl sites for hydroxylation is 1. The van der Waals surface area contributed by atoms with Crippen LogP contribution in [0.25, 0.3) is 0 Å². The van der Waals surface area contributed by atoms with Gasteiger partial charge in [-0.2, -0.15) is 4.31 Å². The van der Waals surface area contributed by atoms with E-state index < -0.39 is 15.6 Å². The molecule has 20 heavy (non-hydrogen) atoms. The zero-order valence-corrected chi connectivity index (χ0v) is 13.2. The fraction of sp³-hybridized carbons (Fsp3) is 0.600. The highest BCUT2D eigenvalue weighted by molar-refractivity contribution is 7.89. The topological polar surface area (TPSA) is 57.6 Å². The maximum absolute atomic E-state index is 12.7. The first kappa shape index (κ1) is 15.5. The normalized spacial score (nSPS) is 21.3. The summed E-state index contributed by atoms with van der Waals surface area (Å²) >= 11 is 0. The van der Waals surface area contributed by atoms with Gasteiger partial charge >= 0.3 is 0 Å². The van der Waals surface area contributed by atoms with Crippen molar-refractivity contribution in [2.75, 3.05) is 6.54 Å². The molecule has 0 radical (unpaired) electrons. The number of benzene rings is 1. The molecule has 0 amide bonds. The van der Waals surface area contributed by atoms with Gasteiger partial charge in [0.2, 0.25) is 10.0 Å². The summed E-state index contributed by atoms with van der Waals surface area (Å²) in [7, 11) is -3.52. The van der Waals surface area contributed by atoms with Gasteiger partial charge in [0, 0.05) is 6.54 Å². The van der Waals surface area contributed by atoms with Crippen LogP contribution in [0, 0.1) is 0 Å². The Morgan fingerprint density at radius 2 is 1.90 bits per heavy atom. The van der Waals surface area contributed by atoms with E-state index in [2.05, 4.69) is 0 Å². The van der Waals surface area contributed by atoms with Gasteiger partial charge in [0.15, 0.2) is 0 Å². The molecule has 0 aliphatic carbocycles. The van der Waals surface area contributed by atoms with Crippen molar-refractivity contribution in [2.24, 2.45) is 0 Å². The van der Waals surface area contributed by atoms with Crippen LogP contribution in [0.2, 0.25) is 0 Å². The molecule has 1 aromatic carbocycles. The predicted molar refractivity (Wildman–Crippen MR) is 79.0 cm³/mol. The van der Waals surface area contributed by atoms with Crippen LogP contribution in [0.4, 0.5) is 0 Å². The van der Waals surface area contributed by atoms with Gasteiger partial charge in [-0.1, -0.05) is 19.1 Å². The molecule has 1 heterocycles. The Balaban J connectivity index is 2.33. The molecule has 1 saturated heterocycles. The van der Waals surface area contributed by atoms with Crippen molar-refractivity contribution < 1.29 is 13.5 Å². The van der Waals surface area contributed by atoms with Crippen molar-refractivity contribution >= 4 is 10.0 Å². The second-order valence-corrected chi connectivity index (χ2v) is 7.82. The van der Waals surface area contributed by atoms with Crippen molar-refractivity contribution in [3.05, 3.63) is 29.8 Å². The SMILES string of the molecule is CCc1ccc(S(=O)(=O)N2CCC[C@H]2C(C)(C)O)cc1. The maximum Gasteiger partial charge on any atom is 0.243 e. The quantitative estimate of drug-likeness (QED) is 0.926. The average molecular weight is 297 g/mol. The summed E-state index contributed by atoms with van der Waals surface area (Å²) in [6, 6.07) is 6.67. The molecule has 1 atom stereocenters. The van der Waals surface area contributed by atoms with Crippen LogP contribution in [0.15, 0.2) is 29.2 Å². The zero-order chi connectivity index (χ0) is 15.0. The standard InChI is InChI=1S/C15H23NO3S/c1-4-12-7-9-13(10-8-12)20(18,19)16-11-5-6-14(16)15(2,3)17/h7-10,14,17H,4-6,11H2,1-3H3/t14-/m0/s1. The third-order valence-corrected chi connectivity index (χ3v) is 5.88. The molecule has 2 rings (SSSR count). The van der Waals surface area contributed by atoms with Crippen molar-refractivity contribution in [1.82, 2.24) is 4.31 Å². The van der Waals surface area contributed by atoms with E-state index >= 15 is 0 Å². The Labute approximate surface area is 121 Å². The molecule has 0 unspecified atom stereocenters. The molecular formula is C15H23NO3S. The molecule has 0 aromatic heterocycles. The molecule has 5 heteroatoms. The molecule has 0 saturated carbocycles. The summed E-state index contributed by atoms with van der Waals surface area (Å²) in [6.45, 7) is 5.86. The Morgan fingerprint density at radius 1 is 1.30 bits per heavy atom. The highest BCUT2D eigenvalue weighted by Gasteiger charge is 2.42. The minimum absolute atomic E-state index is 0.311. The van der Waals surface area contributed by atoms with Crippen molar-refractivity contribution in [1.29, 1.82) is 0 Å². The van der Waals surface area contributed by atoms with Crippen LogP contribution < -0.4 is 0 Å². The van der Waals surface area contributed by atoms with E-state index in [0.29, 0.717) is 17.9 Å². The van der Waals surface area contributed by atoms with Gasteiger partial charge in [0.1, 0.15) is 0 Å². The lowest BCUT2D eigenvalue weighted by Crippen LogP contribution is -2.48. The lowest BCUT2D eigenvalue weighted by molar-refractivity contribution is 0.0215. The van der Waals surface area contributed by atoms with Crippen LogP contribution in [0.3, 0.4) is 0 Å². The van der Waals surface area contributed by atoms with Crippen LogP contribution in [-0.4, -0.2) is 36.0 Å². The van der Waals surface area contributed by atoms with E-state index in [1.54, 1.807) is 26.0 Å². The summed E-state index contributed by atoms with van der Waals surface area (Å²) in [6.07, 6.45) is 2.38. The molecule has 1 aliphatic heterocycles. The fourth-order valence-corrected chi connectivity index (χ4v) is 4.58. The minimum Gasteiger partial charge on any atom is -0.389 e. The lowest BCUT2D eigenvalue weighted by atomic mass is 9.98. The molecule has 4 nitrogen and oxygen atoms in total. The first-order valence-electron chi connectivity index (χ1n) is 7.10. The maximum atomic E-state index is 12.7. The number of hydrogen-bond donors (Lipinski definition) is 1. The van der Waals surface area contributed by atoms with E-state index in [9.17, 15) is 13.5 Å². The average Bonchev–Trinajstić information content (AvgIpc) is 2.88. The second-order valence-electron chi connectivity index (χ2n) is 5.92. The van der Waals surface area contributed by atoms with Gasteiger partial charge in [-0.15, -0.1) is 0 Å². The molecule has 1 N–H and O–H groups in total. The number of aliphatic hydroxyl groups is 1. The number of hydrogen-bond acceptors (Lipinski definition) is 3. The van der Waals surface area contributed by atoms with Crippen molar-refractivity contribution in [3.63, 3.8) is 0 Å². The summed E-state index contributed by atoms with van der Waals surface area (Å²) < 4.78 is 26.9. The lowest BCUT2D eigenvalue weighted by Gasteiger charge is -2.33. The van der Waals surface area contributed by atoms with Crippen LogP contribution >= 0.6 is 0 Å². The van der Waals surface area contributed by atoms with E-state index in [0.717, 1.165) is 18.4 Å². The Kier molecular flexibility index (Phi) is 4.23. The summed E-state index contributed by atoms with van der Waals surface area (Å²) in [5.74, 6) is 0. The molecule has 0 bridgehead atoms. The Morgan fingerprint density at radius 3 is 2.40 bits per heavy atom. The van der Waals surface area contributed by atoms with E-state index in [4.69, 9.17) is 0 Å². The smallest absolute Gasteiger partial charge is 0.243 e. The van der Waals surface area contributed by atoms with Crippen LogP contribution in [0.5, 0.6) is 0 Å². The first-order chi connectivity index (χ1) is 9.26. The monoisotopic (exact) mass is 297 g/mol. The summed E-state index contributed by atoms with van der Waals surface area (Å²) in [5.41, 5.74) is 0.0943. The number of sulfonamides is 1. The zero-order valence-electron chi connectivity index (χ0n) is 12.3. The van der Waals surface area contributed by atoms with E-state index in [-0.39, 0.29) is 6.04 Å². The fourth-order valence-electron chi connectivity index (χ4n) is 2.77. The first-order valence-corrected chi connectivity index (χ1v) is 8.54. The molecule has 1 aliphatic rings. The second kappa shape index (κ2) is 5.47. The van der Waals surface area contributed by atoms with Gasteiger partial charge in [0.25, 0.3) is 0 Å². The Hall–Kier alpha value is -0.910. The van der Waals surface area contributed by atoms with Crippen molar-refractivity contribution in [3.8, 4) is 0 Å². The van der Waals surface area contributed by atoms with Gasteiger partial charge in [-0.05, 0) is 50.8 Å². The largest absolute Gasteiger partial charge is 0.389 e. The highest BCUT2D eigenvalue weighted by atomic mass is 32.2. The van der Waals surface area contributed by atoms with Crippen molar-refractivity contribution in [2.45, 2.75) is 56.6 Å². The van der Waals surface area contributed by atoms with Gasteiger partial charge in [-0.25, -0.2) is 8.42 Å². The third-order valence-electron chi connectivity index (χ3n) is 3.96. The molecule has 1 aromatic rings. The predicted octanol–water partition coefficient (Wildman–Crippen LogP) is 2.17. The number of nitrogens with zero attached hydrogens (tertiary/aromatic N) is 1.